The van der Waals surface area contributed by atoms with Crippen molar-refractivity contribution in [1.82, 2.24) is 10.6 Å². The fraction of sp³-hybridized carbons (Fsp3) is 0.176. The Kier molecular flexibility index (Phi) is 6.92. The summed E-state index contributed by atoms with van der Waals surface area (Å²) in [5.74, 6) is -0.723. The van der Waals surface area contributed by atoms with Crippen LogP contribution in [0.5, 0.6) is 5.75 Å². The first-order valence-electron chi connectivity index (χ1n) is 7.64. The second-order valence-corrected chi connectivity index (χ2v) is 5.56. The van der Waals surface area contributed by atoms with Crippen LogP contribution in [0, 0.1) is 10.1 Å². The van der Waals surface area contributed by atoms with Crippen molar-refractivity contribution in [2.45, 2.75) is 0 Å². The van der Waals surface area contributed by atoms with Crippen LogP contribution in [0.2, 0.25) is 5.02 Å². The molecule has 0 saturated carbocycles. The van der Waals surface area contributed by atoms with Crippen molar-refractivity contribution in [3.8, 4) is 5.75 Å². The van der Waals surface area contributed by atoms with Gasteiger partial charge in [-0.1, -0.05) is 23.7 Å². The molecule has 2 rings (SSSR count). The largest absolute Gasteiger partial charge is 0.477 e. The van der Waals surface area contributed by atoms with Gasteiger partial charge in [-0.2, -0.15) is 0 Å². The zero-order valence-corrected chi connectivity index (χ0v) is 14.4. The van der Waals surface area contributed by atoms with Crippen molar-refractivity contribution in [3.05, 3.63) is 69.2 Å². The molecule has 0 heterocycles. The van der Waals surface area contributed by atoms with Gasteiger partial charge in [-0.25, -0.2) is 0 Å². The monoisotopic (exact) mass is 377 g/mol. The van der Waals surface area contributed by atoms with E-state index < -0.39 is 10.8 Å². The second kappa shape index (κ2) is 9.38. The third kappa shape index (κ3) is 5.75. The molecule has 2 amide bonds. The quantitative estimate of drug-likeness (QED) is 0.416. The van der Waals surface area contributed by atoms with Crippen molar-refractivity contribution in [1.29, 1.82) is 0 Å². The van der Waals surface area contributed by atoms with E-state index in [1.54, 1.807) is 30.3 Å². The summed E-state index contributed by atoms with van der Waals surface area (Å²) < 4.78 is 5.17. The maximum Gasteiger partial charge on any atom is 0.310 e. The number of nitro benzene ring substituents is 1. The number of rotatable bonds is 8. The highest BCUT2D eigenvalue weighted by molar-refractivity contribution is 6.30. The molecule has 0 spiro atoms. The number of halogens is 1. The number of nitrogens with one attached hydrogen (secondary N) is 2. The lowest BCUT2D eigenvalue weighted by Crippen LogP contribution is -2.36. The van der Waals surface area contributed by atoms with Crippen LogP contribution in [0.4, 0.5) is 5.69 Å². The van der Waals surface area contributed by atoms with Crippen LogP contribution >= 0.6 is 11.6 Å². The van der Waals surface area contributed by atoms with E-state index >= 15 is 0 Å². The molecule has 0 aliphatic carbocycles. The summed E-state index contributed by atoms with van der Waals surface area (Å²) in [5, 5.41) is 16.6. The van der Waals surface area contributed by atoms with Crippen LogP contribution in [0.15, 0.2) is 48.5 Å². The number of benzene rings is 2. The van der Waals surface area contributed by atoms with E-state index in [0.717, 1.165) is 0 Å². The van der Waals surface area contributed by atoms with Gasteiger partial charge in [0.15, 0.2) is 12.4 Å². The van der Waals surface area contributed by atoms with E-state index in [4.69, 9.17) is 16.3 Å². The Bertz CT molecular complexity index is 795. The summed E-state index contributed by atoms with van der Waals surface area (Å²) >= 11 is 5.75. The molecular weight excluding hydrogens is 362 g/mol. The summed E-state index contributed by atoms with van der Waals surface area (Å²) in [7, 11) is 0. The highest BCUT2D eigenvalue weighted by Crippen LogP contribution is 2.25. The molecule has 9 heteroatoms. The van der Waals surface area contributed by atoms with Gasteiger partial charge >= 0.3 is 5.69 Å². The van der Waals surface area contributed by atoms with E-state index in [9.17, 15) is 19.7 Å². The molecular formula is C17H16ClN3O5. The molecule has 0 aliphatic heterocycles. The van der Waals surface area contributed by atoms with E-state index in [1.807, 2.05) is 0 Å². The predicted molar refractivity (Wildman–Crippen MR) is 95.4 cm³/mol. The molecule has 2 N–H and O–H groups in total. The molecule has 0 unspecified atom stereocenters. The Morgan fingerprint density at radius 3 is 2.38 bits per heavy atom. The summed E-state index contributed by atoms with van der Waals surface area (Å²) in [4.78, 5) is 33.8. The zero-order valence-electron chi connectivity index (χ0n) is 13.6. The predicted octanol–water partition coefficient (Wildman–Crippen LogP) is 2.17. The van der Waals surface area contributed by atoms with Gasteiger partial charge in [0.1, 0.15) is 0 Å². The van der Waals surface area contributed by atoms with Crippen LogP contribution < -0.4 is 15.4 Å². The van der Waals surface area contributed by atoms with Crippen LogP contribution in [0.25, 0.3) is 0 Å². The first-order valence-corrected chi connectivity index (χ1v) is 8.02. The molecule has 0 saturated heterocycles. The molecule has 26 heavy (non-hydrogen) atoms. The van der Waals surface area contributed by atoms with Crippen LogP contribution in [-0.2, 0) is 4.79 Å². The smallest absolute Gasteiger partial charge is 0.310 e. The summed E-state index contributed by atoms with van der Waals surface area (Å²) in [5.41, 5.74) is 0.246. The summed E-state index contributed by atoms with van der Waals surface area (Å²) in [6.45, 7) is 0.0487. The number of ether oxygens (including phenoxy) is 1. The molecule has 2 aromatic rings. The molecule has 0 fully saturated rings. The minimum absolute atomic E-state index is 0.0173. The molecule has 0 atom stereocenters. The lowest BCUT2D eigenvalue weighted by Gasteiger charge is -2.09. The van der Waals surface area contributed by atoms with Gasteiger partial charge in [0.25, 0.3) is 11.8 Å². The Balaban J connectivity index is 1.70. The number of nitro groups is 1. The standard InChI is InChI=1S/C17H16ClN3O5/c18-13-7-5-12(6-8-13)17(23)20-10-9-19-16(22)11-26-15-4-2-1-3-14(15)21(24)25/h1-8H,9-11H2,(H,19,22)(H,20,23). The number of nitrogens with zero attached hydrogens (tertiary/aromatic N) is 1. The number of carbonyl (C=O) groups is 2. The number of hydrogen-bond donors (Lipinski definition) is 2. The van der Waals surface area contributed by atoms with Crippen molar-refractivity contribution in [2.24, 2.45) is 0 Å². The van der Waals surface area contributed by atoms with E-state index in [1.165, 1.54) is 18.2 Å². The van der Waals surface area contributed by atoms with Gasteiger partial charge in [-0.3, -0.25) is 19.7 Å². The third-order valence-corrected chi connectivity index (χ3v) is 3.51. The highest BCUT2D eigenvalue weighted by Gasteiger charge is 2.14. The number of para-hydroxylation sites is 2. The summed E-state index contributed by atoms with van der Waals surface area (Å²) in [6.07, 6.45) is 0. The van der Waals surface area contributed by atoms with Gasteiger partial charge in [-0.15, -0.1) is 0 Å². The van der Waals surface area contributed by atoms with Gasteiger partial charge in [0.2, 0.25) is 0 Å². The highest BCUT2D eigenvalue weighted by atomic mass is 35.5. The van der Waals surface area contributed by atoms with Crippen LogP contribution in [0.1, 0.15) is 10.4 Å². The van der Waals surface area contributed by atoms with E-state index in [0.29, 0.717) is 10.6 Å². The van der Waals surface area contributed by atoms with Crippen molar-refractivity contribution < 1.29 is 19.2 Å². The number of carbonyl (C=O) groups excluding carboxylic acids is 2. The Hall–Kier alpha value is -3.13. The zero-order chi connectivity index (χ0) is 18.9. The summed E-state index contributed by atoms with van der Waals surface area (Å²) in [6, 6.07) is 12.2. The van der Waals surface area contributed by atoms with Crippen molar-refractivity contribution >= 4 is 29.1 Å². The number of hydrogen-bond acceptors (Lipinski definition) is 5. The maximum atomic E-state index is 11.9. The molecule has 0 aliphatic rings. The normalized spacial score (nSPS) is 10.0. The van der Waals surface area contributed by atoms with E-state index in [2.05, 4.69) is 10.6 Å². The fourth-order valence-electron chi connectivity index (χ4n) is 2.01. The third-order valence-electron chi connectivity index (χ3n) is 3.26. The van der Waals surface area contributed by atoms with Gasteiger partial charge in [0, 0.05) is 29.7 Å². The van der Waals surface area contributed by atoms with Crippen molar-refractivity contribution in [2.75, 3.05) is 19.7 Å². The molecule has 8 nitrogen and oxygen atoms in total. The van der Waals surface area contributed by atoms with Crippen molar-refractivity contribution in [3.63, 3.8) is 0 Å². The van der Waals surface area contributed by atoms with Gasteiger partial charge in [0.05, 0.1) is 4.92 Å². The Labute approximate surface area is 154 Å². The maximum absolute atomic E-state index is 11.9. The lowest BCUT2D eigenvalue weighted by atomic mass is 10.2. The fourth-order valence-corrected chi connectivity index (χ4v) is 2.13. The average molecular weight is 378 g/mol. The molecule has 0 radical (unpaired) electrons. The number of amides is 2. The first-order chi connectivity index (χ1) is 12.5. The lowest BCUT2D eigenvalue weighted by molar-refractivity contribution is -0.385. The minimum Gasteiger partial charge on any atom is -0.477 e. The van der Waals surface area contributed by atoms with Gasteiger partial charge in [-0.05, 0) is 30.3 Å². The van der Waals surface area contributed by atoms with Crippen LogP contribution in [-0.4, -0.2) is 36.4 Å². The van der Waals surface area contributed by atoms with E-state index in [-0.39, 0.29) is 37.0 Å². The van der Waals surface area contributed by atoms with Gasteiger partial charge < -0.3 is 15.4 Å². The SMILES string of the molecule is O=C(COc1ccccc1[N+](=O)[O-])NCCNC(=O)c1ccc(Cl)cc1. The Morgan fingerprint density at radius 1 is 1.04 bits per heavy atom. The second-order valence-electron chi connectivity index (χ2n) is 5.13. The first kappa shape index (κ1) is 19.2. The minimum atomic E-state index is -0.584. The average Bonchev–Trinajstić information content (AvgIpc) is 2.64. The van der Waals surface area contributed by atoms with Crippen LogP contribution in [0.3, 0.4) is 0 Å². The molecule has 0 aromatic heterocycles. The molecule has 0 bridgehead atoms. The molecule has 2 aromatic carbocycles. The molecule has 136 valence electrons. The topological polar surface area (TPSA) is 111 Å². The Morgan fingerprint density at radius 2 is 1.69 bits per heavy atom.